The van der Waals surface area contributed by atoms with E-state index in [1.165, 1.54) is 4.57 Å². The molecule has 5 nitrogen and oxygen atoms in total. The summed E-state index contributed by atoms with van der Waals surface area (Å²) < 4.78 is 17.5. The molecule has 0 amide bonds. The van der Waals surface area contributed by atoms with E-state index in [1.54, 1.807) is 13.1 Å². The van der Waals surface area contributed by atoms with Gasteiger partial charge in [-0.3, -0.25) is 4.57 Å². The van der Waals surface area contributed by atoms with Crippen LogP contribution in [0.4, 0.5) is 0 Å². The Morgan fingerprint density at radius 3 is 3.00 bits per heavy atom. The SMILES string of the molecule is Cn1c(=O)oc2cc(C(Cl)C3COCCO3)ccc21. The number of rotatable bonds is 2. The van der Waals surface area contributed by atoms with Gasteiger partial charge in [0.15, 0.2) is 5.58 Å². The van der Waals surface area contributed by atoms with Crippen LogP contribution in [0.3, 0.4) is 0 Å². The van der Waals surface area contributed by atoms with E-state index in [1.807, 2.05) is 12.1 Å². The number of fused-ring (bicyclic) bond motifs is 1. The number of alkyl halides is 1. The number of aryl methyl sites for hydroxylation is 1. The lowest BCUT2D eigenvalue weighted by Gasteiger charge is -2.26. The number of hydrogen-bond acceptors (Lipinski definition) is 4. The minimum atomic E-state index is -0.379. The van der Waals surface area contributed by atoms with Crippen LogP contribution in [-0.2, 0) is 16.5 Å². The van der Waals surface area contributed by atoms with E-state index in [0.717, 1.165) is 11.1 Å². The Morgan fingerprint density at radius 2 is 2.26 bits per heavy atom. The van der Waals surface area contributed by atoms with E-state index >= 15 is 0 Å². The van der Waals surface area contributed by atoms with Crippen LogP contribution < -0.4 is 5.76 Å². The van der Waals surface area contributed by atoms with E-state index in [0.29, 0.717) is 25.4 Å². The largest absolute Gasteiger partial charge is 0.419 e. The van der Waals surface area contributed by atoms with Crippen molar-refractivity contribution in [1.82, 2.24) is 4.57 Å². The Bertz CT molecular complexity index is 642. The second kappa shape index (κ2) is 5.00. The minimum absolute atomic E-state index is 0.177. The van der Waals surface area contributed by atoms with Gasteiger partial charge in [-0.25, -0.2) is 4.79 Å². The first kappa shape index (κ1) is 12.7. The summed E-state index contributed by atoms with van der Waals surface area (Å²) in [5, 5.41) is -0.324. The molecule has 0 spiro atoms. The Hall–Kier alpha value is -1.30. The van der Waals surface area contributed by atoms with Crippen molar-refractivity contribution in [2.75, 3.05) is 19.8 Å². The summed E-state index contributed by atoms with van der Waals surface area (Å²) in [4.78, 5) is 11.4. The van der Waals surface area contributed by atoms with Gasteiger partial charge in [-0.1, -0.05) is 6.07 Å². The summed E-state index contributed by atoms with van der Waals surface area (Å²) in [5.41, 5.74) is 2.14. The topological polar surface area (TPSA) is 53.6 Å². The summed E-state index contributed by atoms with van der Waals surface area (Å²) in [7, 11) is 1.67. The maximum Gasteiger partial charge on any atom is 0.419 e. The lowest BCUT2D eigenvalue weighted by molar-refractivity contribution is -0.0892. The van der Waals surface area contributed by atoms with Gasteiger partial charge in [0.2, 0.25) is 0 Å². The third kappa shape index (κ3) is 2.29. The van der Waals surface area contributed by atoms with Crippen LogP contribution in [0, 0.1) is 0 Å². The first-order valence-electron chi connectivity index (χ1n) is 6.10. The maximum atomic E-state index is 11.4. The average molecular weight is 284 g/mol. The zero-order valence-corrected chi connectivity index (χ0v) is 11.2. The fourth-order valence-electron chi connectivity index (χ4n) is 2.21. The lowest BCUT2D eigenvalue weighted by Crippen LogP contribution is -2.31. The van der Waals surface area contributed by atoms with Crippen LogP contribution in [0.25, 0.3) is 11.1 Å². The first-order valence-corrected chi connectivity index (χ1v) is 6.53. The molecular weight excluding hydrogens is 270 g/mol. The summed E-state index contributed by atoms with van der Waals surface area (Å²) >= 11 is 6.40. The third-order valence-corrected chi connectivity index (χ3v) is 3.84. The van der Waals surface area contributed by atoms with Crippen molar-refractivity contribution in [1.29, 1.82) is 0 Å². The predicted octanol–water partition coefficient (Wildman–Crippen LogP) is 1.83. The number of hydrogen-bond donors (Lipinski definition) is 0. The zero-order valence-electron chi connectivity index (χ0n) is 10.5. The van der Waals surface area contributed by atoms with Crippen molar-refractivity contribution in [3.8, 4) is 0 Å². The quantitative estimate of drug-likeness (QED) is 0.789. The number of aromatic nitrogens is 1. The molecule has 1 aliphatic heterocycles. The van der Waals surface area contributed by atoms with Gasteiger partial charge >= 0.3 is 5.76 Å². The van der Waals surface area contributed by atoms with Gasteiger partial charge in [0.05, 0.1) is 30.7 Å². The average Bonchev–Trinajstić information content (AvgIpc) is 2.74. The van der Waals surface area contributed by atoms with Crippen LogP contribution in [0.2, 0.25) is 0 Å². The third-order valence-electron chi connectivity index (χ3n) is 3.30. The number of oxazole rings is 1. The molecular formula is C13H14ClNO4. The number of halogens is 1. The van der Waals surface area contributed by atoms with Gasteiger partial charge in [0.1, 0.15) is 6.10 Å². The molecule has 1 aromatic heterocycles. The van der Waals surface area contributed by atoms with Crippen LogP contribution in [0.15, 0.2) is 27.4 Å². The fraction of sp³-hybridized carbons (Fsp3) is 0.462. The van der Waals surface area contributed by atoms with Crippen molar-refractivity contribution in [2.45, 2.75) is 11.5 Å². The summed E-state index contributed by atoms with van der Waals surface area (Å²) in [5.74, 6) is -0.379. The molecule has 0 N–H and O–H groups in total. The predicted molar refractivity (Wildman–Crippen MR) is 70.6 cm³/mol. The highest BCUT2D eigenvalue weighted by Gasteiger charge is 2.25. The molecule has 1 aromatic carbocycles. The van der Waals surface area contributed by atoms with E-state index < -0.39 is 0 Å². The lowest BCUT2D eigenvalue weighted by atomic mass is 10.1. The van der Waals surface area contributed by atoms with E-state index in [2.05, 4.69) is 0 Å². The van der Waals surface area contributed by atoms with Crippen molar-refractivity contribution >= 4 is 22.7 Å². The van der Waals surface area contributed by atoms with Crippen molar-refractivity contribution < 1.29 is 13.9 Å². The fourth-order valence-corrected chi connectivity index (χ4v) is 2.49. The standard InChI is InChI=1S/C13H14ClNO4/c1-15-9-3-2-8(6-10(9)19-13(15)16)12(14)11-7-17-4-5-18-11/h2-3,6,11-12H,4-5,7H2,1H3. The molecule has 2 unspecified atom stereocenters. The Kier molecular flexibility index (Phi) is 3.35. The maximum absolute atomic E-state index is 11.4. The molecule has 102 valence electrons. The summed E-state index contributed by atoms with van der Waals surface area (Å²) in [6, 6.07) is 5.49. The smallest absolute Gasteiger partial charge is 0.408 e. The molecule has 0 aliphatic carbocycles. The van der Waals surface area contributed by atoms with Crippen molar-refractivity contribution in [2.24, 2.45) is 7.05 Å². The molecule has 1 aliphatic rings. The number of benzene rings is 1. The second-order valence-electron chi connectivity index (χ2n) is 4.54. The molecule has 1 fully saturated rings. The molecule has 0 bridgehead atoms. The number of ether oxygens (including phenoxy) is 2. The molecule has 0 saturated carbocycles. The van der Waals surface area contributed by atoms with E-state index in [9.17, 15) is 4.79 Å². The molecule has 1 saturated heterocycles. The molecule has 2 heterocycles. The van der Waals surface area contributed by atoms with E-state index in [4.69, 9.17) is 25.5 Å². The minimum Gasteiger partial charge on any atom is -0.408 e. The molecule has 0 radical (unpaired) electrons. The highest BCUT2D eigenvalue weighted by atomic mass is 35.5. The van der Waals surface area contributed by atoms with Gasteiger partial charge in [-0.2, -0.15) is 0 Å². The van der Waals surface area contributed by atoms with Crippen molar-refractivity contribution in [3.05, 3.63) is 34.3 Å². The van der Waals surface area contributed by atoms with Gasteiger partial charge in [0, 0.05) is 7.05 Å². The van der Waals surface area contributed by atoms with Gasteiger partial charge < -0.3 is 13.9 Å². The molecule has 3 rings (SSSR count). The molecule has 2 atom stereocenters. The van der Waals surface area contributed by atoms with Crippen LogP contribution >= 0.6 is 11.6 Å². The zero-order chi connectivity index (χ0) is 13.4. The highest BCUT2D eigenvalue weighted by molar-refractivity contribution is 6.21. The summed E-state index contributed by atoms with van der Waals surface area (Å²) in [6.45, 7) is 1.63. The van der Waals surface area contributed by atoms with Gasteiger partial charge in [-0.15, -0.1) is 11.6 Å². The van der Waals surface area contributed by atoms with Gasteiger partial charge in [0.25, 0.3) is 0 Å². The Morgan fingerprint density at radius 1 is 1.42 bits per heavy atom. The molecule has 2 aromatic rings. The Balaban J connectivity index is 1.94. The van der Waals surface area contributed by atoms with Crippen molar-refractivity contribution in [3.63, 3.8) is 0 Å². The second-order valence-corrected chi connectivity index (χ2v) is 5.01. The molecule has 6 heteroatoms. The molecule has 19 heavy (non-hydrogen) atoms. The monoisotopic (exact) mass is 283 g/mol. The highest BCUT2D eigenvalue weighted by Crippen LogP contribution is 2.30. The Labute approximate surface area is 114 Å². The van der Waals surface area contributed by atoms with Crippen LogP contribution in [0.1, 0.15) is 10.9 Å². The first-order chi connectivity index (χ1) is 9.16. The van der Waals surface area contributed by atoms with E-state index in [-0.39, 0.29) is 17.2 Å². The van der Waals surface area contributed by atoms with Crippen LogP contribution in [-0.4, -0.2) is 30.5 Å². The van der Waals surface area contributed by atoms with Crippen LogP contribution in [0.5, 0.6) is 0 Å². The summed E-state index contributed by atoms with van der Waals surface area (Å²) in [6.07, 6.45) is -0.177. The number of nitrogens with zero attached hydrogens (tertiary/aromatic N) is 1. The van der Waals surface area contributed by atoms with Gasteiger partial charge in [-0.05, 0) is 17.7 Å². The normalized spacial score (nSPS) is 21.7.